The maximum Gasteiger partial charge on any atom is 0.162 e. The van der Waals surface area contributed by atoms with Crippen LogP contribution in [-0.2, 0) is 75.8 Å². The summed E-state index contributed by atoms with van der Waals surface area (Å²) in [6, 6.07) is 0. The van der Waals surface area contributed by atoms with Gasteiger partial charge in [-0.05, 0) is 91.9 Å². The number of hydrogen-bond donors (Lipinski definition) is 5. The molecule has 0 radical (unpaired) electrons. The summed E-state index contributed by atoms with van der Waals surface area (Å²) < 4.78 is 94.5. The van der Waals surface area contributed by atoms with Crippen molar-refractivity contribution in [3.63, 3.8) is 0 Å². The van der Waals surface area contributed by atoms with Gasteiger partial charge >= 0.3 is 0 Å². The summed E-state index contributed by atoms with van der Waals surface area (Å²) in [7, 11) is 8.14. The molecule has 9 aliphatic rings. The van der Waals surface area contributed by atoms with Crippen molar-refractivity contribution in [2.24, 2.45) is 16.7 Å². The molecule has 0 spiro atoms. The normalized spacial score (nSPS) is 53.2. The van der Waals surface area contributed by atoms with E-state index in [1.165, 1.54) is 6.92 Å². The second kappa shape index (κ2) is 23.3. The highest BCUT2D eigenvalue weighted by atomic mass is 16.8. The number of ketones is 1. The van der Waals surface area contributed by atoms with Crippen molar-refractivity contribution in [3.8, 4) is 0 Å². The number of rotatable bonds is 16. The molecule has 28 atom stereocenters. The van der Waals surface area contributed by atoms with Crippen molar-refractivity contribution >= 4 is 5.78 Å². The fourth-order valence-corrected chi connectivity index (χ4v) is 15.6. The molecule has 5 aliphatic heterocycles. The number of methoxy groups -OCH3 is 5. The Hall–Kier alpha value is -1.39. The Kier molecular flexibility index (Phi) is 18.2. The first kappa shape index (κ1) is 60.2. The molecule has 3 saturated carbocycles. The molecule has 9 rings (SSSR count). The molecule has 5 saturated heterocycles. The predicted octanol–water partition coefficient (Wildman–Crippen LogP) is 3.51. The molecule has 21 heteroatoms. The first-order chi connectivity index (χ1) is 36.4. The minimum atomic E-state index is -1.95. The van der Waals surface area contributed by atoms with Gasteiger partial charge in [-0.2, -0.15) is 0 Å². The lowest BCUT2D eigenvalue weighted by atomic mass is 9.42. The second-order valence-electron chi connectivity index (χ2n) is 24.4. The van der Waals surface area contributed by atoms with Crippen molar-refractivity contribution in [2.45, 2.75) is 284 Å². The Labute approximate surface area is 454 Å². The van der Waals surface area contributed by atoms with Crippen LogP contribution in [0.5, 0.6) is 0 Å². The molecule has 21 nitrogen and oxygen atoms in total. The summed E-state index contributed by atoms with van der Waals surface area (Å²) in [5.41, 5.74) is -6.56. The Morgan fingerprint density at radius 3 is 1.34 bits per heavy atom. The third-order valence-corrected chi connectivity index (χ3v) is 20.4. The van der Waals surface area contributed by atoms with Gasteiger partial charge in [0.2, 0.25) is 0 Å². The van der Waals surface area contributed by atoms with Crippen LogP contribution in [0.2, 0.25) is 0 Å². The largest absolute Gasteiger partial charge is 0.392 e. The van der Waals surface area contributed by atoms with Gasteiger partial charge in [-0.3, -0.25) is 4.79 Å². The van der Waals surface area contributed by atoms with Gasteiger partial charge in [-0.25, -0.2) is 0 Å². The molecular formula is C56H92O21. The average Bonchev–Trinajstić information content (AvgIpc) is 3.67. The molecule has 0 aromatic rings. The number of aliphatic hydroxyl groups excluding tert-OH is 2. The van der Waals surface area contributed by atoms with Crippen LogP contribution < -0.4 is 0 Å². The highest BCUT2D eigenvalue weighted by molar-refractivity contribution is 5.87. The lowest BCUT2D eigenvalue weighted by molar-refractivity contribution is -0.352. The van der Waals surface area contributed by atoms with E-state index < -0.39 is 156 Å². The summed E-state index contributed by atoms with van der Waals surface area (Å²) >= 11 is 0. The minimum Gasteiger partial charge on any atom is -0.392 e. The summed E-state index contributed by atoms with van der Waals surface area (Å²) in [5.74, 6) is -1.02. The van der Waals surface area contributed by atoms with Gasteiger partial charge in [0.1, 0.15) is 47.3 Å². The lowest BCUT2D eigenvalue weighted by Crippen LogP contribution is -2.78. The highest BCUT2D eigenvalue weighted by Crippen LogP contribution is 2.70. The van der Waals surface area contributed by atoms with E-state index in [2.05, 4.69) is 6.92 Å². The Balaban J connectivity index is 0.757. The SMILES string of the molecule is COC1CC(OC2C(C)OC(OC3C(C)OC(OC4C(C)OC(OC5C(C)OC(OC6CCC7(C)C(=CCC8(O)C7CC(O)C7(C)C(O)(C(C)=O)CCC87O)C6)CC5OC)CC4OC)CC3OC)CC2OC)OC(C)C1O. The van der Waals surface area contributed by atoms with Gasteiger partial charge in [0.05, 0.1) is 78.7 Å². The van der Waals surface area contributed by atoms with Crippen molar-refractivity contribution < 1.29 is 101 Å². The van der Waals surface area contributed by atoms with Crippen LogP contribution >= 0.6 is 0 Å². The molecular weight excluding hydrogens is 1010 g/mol. The Morgan fingerprint density at radius 2 is 0.935 bits per heavy atom. The van der Waals surface area contributed by atoms with E-state index in [4.69, 9.17) is 71.1 Å². The van der Waals surface area contributed by atoms with Crippen LogP contribution in [0.1, 0.15) is 132 Å². The van der Waals surface area contributed by atoms with Gasteiger partial charge in [0.25, 0.3) is 0 Å². The van der Waals surface area contributed by atoms with Crippen LogP contribution in [0.15, 0.2) is 11.6 Å². The minimum absolute atomic E-state index is 0.00434. The molecule has 8 fully saturated rings. The summed E-state index contributed by atoms with van der Waals surface area (Å²) in [6.45, 7) is 14.4. The third kappa shape index (κ3) is 10.6. The standard InChI is InChI=1S/C56H92O21/c1-27-47(59)35(63-9)21-43(68-27)74-49-29(3)70-45(23-37(49)65-11)76-51-31(5)72-46(25-39(51)67-13)77-50-30(4)71-44(24-38(50)66-12)75-48-28(2)69-42(22-36(48)64-10)73-34-15-16-52(7)33(20-34)14-17-55(61)40(52)26-41(58)53(8)54(60,32(6)57)18-19-56(53,55)62/h14,27-31,34-51,58-62H,15-26H2,1-13H3. The molecule has 442 valence electrons. The number of Topliss-reactive ketones (excluding diaryl/α,β-unsaturated/α-hetero) is 1. The molecule has 5 N–H and O–H groups in total. The van der Waals surface area contributed by atoms with Crippen molar-refractivity contribution in [1.82, 2.24) is 0 Å². The number of aliphatic hydroxyl groups is 5. The number of carbonyl (C=O) groups is 1. The maximum atomic E-state index is 12.8. The first-order valence-electron chi connectivity index (χ1n) is 28.3. The maximum absolute atomic E-state index is 12.8. The van der Waals surface area contributed by atoms with E-state index in [-0.39, 0.29) is 44.0 Å². The van der Waals surface area contributed by atoms with Crippen molar-refractivity contribution in [3.05, 3.63) is 11.6 Å². The van der Waals surface area contributed by atoms with E-state index >= 15 is 0 Å². The molecule has 0 amide bonds. The zero-order valence-corrected chi connectivity index (χ0v) is 47.6. The van der Waals surface area contributed by atoms with E-state index in [0.717, 1.165) is 5.57 Å². The van der Waals surface area contributed by atoms with E-state index in [0.29, 0.717) is 51.4 Å². The smallest absolute Gasteiger partial charge is 0.162 e. The van der Waals surface area contributed by atoms with Crippen LogP contribution in [0.4, 0.5) is 0 Å². The number of ether oxygens (including phenoxy) is 15. The fraction of sp³-hybridized carbons (Fsp3) is 0.946. The van der Waals surface area contributed by atoms with Gasteiger partial charge in [-0.15, -0.1) is 0 Å². The quantitative estimate of drug-likeness (QED) is 0.139. The van der Waals surface area contributed by atoms with Gasteiger partial charge in [-0.1, -0.05) is 25.5 Å². The Morgan fingerprint density at radius 1 is 0.545 bits per heavy atom. The lowest BCUT2D eigenvalue weighted by Gasteiger charge is -2.66. The average molecular weight is 1100 g/mol. The fourth-order valence-electron chi connectivity index (χ4n) is 15.6. The van der Waals surface area contributed by atoms with Crippen LogP contribution in [0, 0.1) is 16.7 Å². The number of fused-ring (bicyclic) bond motifs is 5. The summed E-state index contributed by atoms with van der Waals surface area (Å²) in [5, 5.41) is 58.9. The molecule has 28 unspecified atom stereocenters. The summed E-state index contributed by atoms with van der Waals surface area (Å²) in [4.78, 5) is 12.8. The first-order valence-corrected chi connectivity index (χ1v) is 28.3. The van der Waals surface area contributed by atoms with Gasteiger partial charge in [0.15, 0.2) is 37.2 Å². The number of hydrogen-bond acceptors (Lipinski definition) is 21. The molecule has 5 heterocycles. The van der Waals surface area contributed by atoms with E-state index in [9.17, 15) is 30.3 Å². The second-order valence-corrected chi connectivity index (χ2v) is 24.4. The predicted molar refractivity (Wildman–Crippen MR) is 271 cm³/mol. The monoisotopic (exact) mass is 1100 g/mol. The van der Waals surface area contributed by atoms with Gasteiger partial charge in [0, 0.05) is 73.6 Å². The van der Waals surface area contributed by atoms with Crippen molar-refractivity contribution in [2.75, 3.05) is 35.5 Å². The van der Waals surface area contributed by atoms with Crippen LogP contribution in [-0.4, -0.2) is 219 Å². The third-order valence-electron chi connectivity index (χ3n) is 20.4. The highest BCUT2D eigenvalue weighted by Gasteiger charge is 2.80. The molecule has 4 aliphatic carbocycles. The molecule has 77 heavy (non-hydrogen) atoms. The zero-order valence-electron chi connectivity index (χ0n) is 47.6. The molecule has 0 aromatic heterocycles. The van der Waals surface area contributed by atoms with E-state index in [1.807, 2.05) is 33.8 Å². The zero-order chi connectivity index (χ0) is 55.7. The topological polar surface area (TPSA) is 257 Å². The summed E-state index contributed by atoms with van der Waals surface area (Å²) in [6.07, 6.45) is -5.39. The van der Waals surface area contributed by atoms with Gasteiger partial charge < -0.3 is 96.6 Å². The van der Waals surface area contributed by atoms with Crippen LogP contribution in [0.3, 0.4) is 0 Å². The Bertz CT molecular complexity index is 2050. The molecule has 0 aromatic carbocycles. The van der Waals surface area contributed by atoms with E-state index in [1.54, 1.807) is 49.4 Å². The molecule has 0 bridgehead atoms. The van der Waals surface area contributed by atoms with Crippen molar-refractivity contribution in [1.29, 1.82) is 0 Å². The van der Waals surface area contributed by atoms with Crippen LogP contribution in [0.25, 0.3) is 0 Å². The number of carbonyl (C=O) groups excluding carboxylic acids is 1.